The van der Waals surface area contributed by atoms with Crippen molar-refractivity contribution in [3.63, 3.8) is 0 Å². The number of hydrogen-bond acceptors (Lipinski definition) is 6. The molecule has 3 heterocycles. The Balaban J connectivity index is 1.91. The standard InChI is InChI=1S/C19H21ClF2N6O2/c1-11-14(20)10-13(17(25-11)28-7-2-4-19(21,22)5-8-28)18(29)26-12-3-6-24-15(9-12)16(23)27-30/h3,6,9-10,30H,2,4-5,7-8H2,1H3,(H2,23,27)(H,24,26,29). The Labute approximate surface area is 176 Å². The fourth-order valence-electron chi connectivity index (χ4n) is 3.15. The molecule has 1 amide bonds. The number of amidine groups is 1. The number of carbonyl (C=O) groups is 1. The minimum atomic E-state index is -2.74. The highest BCUT2D eigenvalue weighted by molar-refractivity contribution is 6.31. The summed E-state index contributed by atoms with van der Waals surface area (Å²) in [5.74, 6) is -3.16. The van der Waals surface area contributed by atoms with Crippen LogP contribution < -0.4 is 16.0 Å². The molecule has 0 spiro atoms. The lowest BCUT2D eigenvalue weighted by molar-refractivity contribution is -0.0102. The summed E-state index contributed by atoms with van der Waals surface area (Å²) < 4.78 is 27.6. The number of halogens is 3. The number of amides is 1. The molecular formula is C19H21ClF2N6O2. The maximum Gasteiger partial charge on any atom is 0.259 e. The van der Waals surface area contributed by atoms with E-state index in [1.54, 1.807) is 11.8 Å². The highest BCUT2D eigenvalue weighted by Crippen LogP contribution is 2.32. The van der Waals surface area contributed by atoms with E-state index >= 15 is 0 Å². The maximum absolute atomic E-state index is 13.8. The van der Waals surface area contributed by atoms with E-state index in [1.807, 2.05) is 0 Å². The van der Waals surface area contributed by atoms with Crippen molar-refractivity contribution in [2.45, 2.75) is 32.1 Å². The first-order chi connectivity index (χ1) is 14.2. The number of rotatable bonds is 4. The summed E-state index contributed by atoms with van der Waals surface area (Å²) in [6, 6.07) is 4.44. The molecule has 1 aliphatic heterocycles. The monoisotopic (exact) mass is 438 g/mol. The van der Waals surface area contributed by atoms with Crippen molar-refractivity contribution >= 4 is 34.8 Å². The lowest BCUT2D eigenvalue weighted by Crippen LogP contribution is -2.29. The molecule has 3 rings (SSSR count). The van der Waals surface area contributed by atoms with Gasteiger partial charge in [0.1, 0.15) is 11.5 Å². The van der Waals surface area contributed by atoms with Gasteiger partial charge in [0.05, 0.1) is 16.3 Å². The molecule has 0 radical (unpaired) electrons. The van der Waals surface area contributed by atoms with E-state index in [9.17, 15) is 13.6 Å². The quantitative estimate of drug-likeness (QED) is 0.291. The van der Waals surface area contributed by atoms with Gasteiger partial charge in [0.25, 0.3) is 5.91 Å². The van der Waals surface area contributed by atoms with Gasteiger partial charge in [0.2, 0.25) is 5.92 Å². The van der Waals surface area contributed by atoms with Gasteiger partial charge in [-0.1, -0.05) is 16.8 Å². The molecule has 1 aliphatic rings. The molecule has 8 nitrogen and oxygen atoms in total. The van der Waals surface area contributed by atoms with Crippen molar-refractivity contribution in [3.8, 4) is 0 Å². The van der Waals surface area contributed by atoms with Crippen LogP contribution in [0, 0.1) is 6.92 Å². The molecular weight excluding hydrogens is 418 g/mol. The first-order valence-electron chi connectivity index (χ1n) is 9.25. The van der Waals surface area contributed by atoms with E-state index in [4.69, 9.17) is 22.5 Å². The Morgan fingerprint density at radius 3 is 2.87 bits per heavy atom. The Bertz CT molecular complexity index is 985. The number of nitrogens with zero attached hydrogens (tertiary/aromatic N) is 4. The van der Waals surface area contributed by atoms with Crippen LogP contribution in [-0.2, 0) is 0 Å². The first-order valence-corrected chi connectivity index (χ1v) is 9.63. The average molecular weight is 439 g/mol. The molecule has 30 heavy (non-hydrogen) atoms. The second-order valence-electron chi connectivity index (χ2n) is 6.99. The zero-order valence-corrected chi connectivity index (χ0v) is 17.0. The average Bonchev–Trinajstić information content (AvgIpc) is 2.89. The zero-order chi connectivity index (χ0) is 21.9. The van der Waals surface area contributed by atoms with Gasteiger partial charge in [0, 0.05) is 37.8 Å². The molecule has 0 saturated carbocycles. The molecule has 0 unspecified atom stereocenters. The molecule has 2 aromatic rings. The van der Waals surface area contributed by atoms with Crippen LogP contribution >= 0.6 is 11.6 Å². The Kier molecular flexibility index (Phi) is 6.35. The summed E-state index contributed by atoms with van der Waals surface area (Å²) in [5.41, 5.74) is 6.71. The van der Waals surface area contributed by atoms with Crippen molar-refractivity contribution in [2.24, 2.45) is 10.9 Å². The van der Waals surface area contributed by atoms with Crippen LogP contribution in [0.3, 0.4) is 0 Å². The molecule has 4 N–H and O–H groups in total. The second-order valence-corrected chi connectivity index (χ2v) is 7.40. The molecule has 1 saturated heterocycles. The fraction of sp³-hybridized carbons (Fsp3) is 0.368. The predicted molar refractivity (Wildman–Crippen MR) is 110 cm³/mol. The van der Waals surface area contributed by atoms with Crippen LogP contribution in [0.4, 0.5) is 20.3 Å². The summed E-state index contributed by atoms with van der Waals surface area (Å²) in [6.07, 6.45) is 1.15. The third kappa shape index (κ3) is 4.93. The second kappa shape index (κ2) is 8.78. The number of pyridine rings is 2. The lowest BCUT2D eigenvalue weighted by atomic mass is 10.1. The summed E-state index contributed by atoms with van der Waals surface area (Å²) in [5, 5.41) is 14.6. The van der Waals surface area contributed by atoms with Crippen LogP contribution in [0.1, 0.15) is 41.0 Å². The van der Waals surface area contributed by atoms with Crippen molar-refractivity contribution in [1.82, 2.24) is 9.97 Å². The third-order valence-corrected chi connectivity index (χ3v) is 5.16. The highest BCUT2D eigenvalue weighted by Gasteiger charge is 2.33. The van der Waals surface area contributed by atoms with E-state index < -0.39 is 11.8 Å². The van der Waals surface area contributed by atoms with E-state index in [2.05, 4.69) is 20.4 Å². The van der Waals surface area contributed by atoms with Crippen molar-refractivity contribution in [2.75, 3.05) is 23.3 Å². The Morgan fingerprint density at radius 1 is 1.37 bits per heavy atom. The summed E-state index contributed by atoms with van der Waals surface area (Å²) >= 11 is 6.18. The number of aromatic nitrogens is 2. The number of alkyl halides is 2. The Morgan fingerprint density at radius 2 is 2.13 bits per heavy atom. The number of nitrogens with one attached hydrogen (secondary N) is 1. The van der Waals surface area contributed by atoms with Crippen LogP contribution in [0.5, 0.6) is 0 Å². The first kappa shape index (κ1) is 21.7. The van der Waals surface area contributed by atoms with Crippen molar-refractivity contribution < 1.29 is 18.8 Å². The number of hydrogen-bond donors (Lipinski definition) is 3. The number of oxime groups is 1. The van der Waals surface area contributed by atoms with E-state index in [0.29, 0.717) is 23.7 Å². The van der Waals surface area contributed by atoms with E-state index in [1.165, 1.54) is 24.4 Å². The van der Waals surface area contributed by atoms with Gasteiger partial charge in [0.15, 0.2) is 5.84 Å². The van der Waals surface area contributed by atoms with Crippen LogP contribution in [0.25, 0.3) is 0 Å². The van der Waals surface area contributed by atoms with Gasteiger partial charge in [-0.15, -0.1) is 0 Å². The van der Waals surface area contributed by atoms with Gasteiger partial charge in [-0.05, 0) is 31.5 Å². The van der Waals surface area contributed by atoms with Gasteiger partial charge < -0.3 is 21.2 Å². The van der Waals surface area contributed by atoms with Gasteiger partial charge in [-0.25, -0.2) is 13.8 Å². The minimum absolute atomic E-state index is 0.0737. The van der Waals surface area contributed by atoms with Crippen LogP contribution in [-0.4, -0.2) is 45.9 Å². The minimum Gasteiger partial charge on any atom is -0.409 e. The third-order valence-electron chi connectivity index (χ3n) is 4.78. The molecule has 11 heteroatoms. The van der Waals surface area contributed by atoms with Crippen LogP contribution in [0.15, 0.2) is 29.6 Å². The highest BCUT2D eigenvalue weighted by atomic mass is 35.5. The van der Waals surface area contributed by atoms with Gasteiger partial charge in [-0.3, -0.25) is 9.78 Å². The zero-order valence-electron chi connectivity index (χ0n) is 16.2. The largest absolute Gasteiger partial charge is 0.409 e. The number of aryl methyl sites for hydroxylation is 1. The Hall–Kier alpha value is -3.01. The topological polar surface area (TPSA) is 117 Å². The van der Waals surface area contributed by atoms with Crippen molar-refractivity contribution in [1.29, 1.82) is 0 Å². The molecule has 0 aromatic carbocycles. The molecule has 1 fully saturated rings. The molecule has 0 bridgehead atoms. The van der Waals surface area contributed by atoms with E-state index in [-0.39, 0.29) is 47.9 Å². The SMILES string of the molecule is Cc1nc(N2CCCC(F)(F)CC2)c(C(=O)Nc2ccnc(C(N)=NO)c2)cc1Cl. The number of anilines is 2. The van der Waals surface area contributed by atoms with Crippen molar-refractivity contribution in [3.05, 3.63) is 46.4 Å². The molecule has 0 aliphatic carbocycles. The molecule has 2 aromatic heterocycles. The fourth-order valence-corrected chi connectivity index (χ4v) is 3.30. The number of nitrogens with two attached hydrogens (primary N) is 1. The summed E-state index contributed by atoms with van der Waals surface area (Å²) in [7, 11) is 0. The summed E-state index contributed by atoms with van der Waals surface area (Å²) in [4.78, 5) is 23.0. The van der Waals surface area contributed by atoms with Crippen LogP contribution in [0.2, 0.25) is 5.02 Å². The lowest BCUT2D eigenvalue weighted by Gasteiger charge is -2.24. The molecule has 0 atom stereocenters. The number of carbonyl (C=O) groups excluding carboxylic acids is 1. The normalized spacial score (nSPS) is 16.8. The maximum atomic E-state index is 13.8. The smallest absolute Gasteiger partial charge is 0.259 e. The molecule has 160 valence electrons. The van der Waals surface area contributed by atoms with E-state index in [0.717, 1.165) is 0 Å². The predicted octanol–water partition coefficient (Wildman–Crippen LogP) is 3.41. The van der Waals surface area contributed by atoms with Gasteiger partial charge in [-0.2, -0.15) is 0 Å². The van der Waals surface area contributed by atoms with Gasteiger partial charge >= 0.3 is 0 Å². The summed E-state index contributed by atoms with van der Waals surface area (Å²) in [6.45, 7) is 2.11.